The number of rotatable bonds is 3. The summed E-state index contributed by atoms with van der Waals surface area (Å²) in [5.74, 6) is -3.56. The number of amidine groups is 1. The van der Waals surface area contributed by atoms with Gasteiger partial charge in [-0.15, -0.1) is 0 Å². The maximum atomic E-state index is 13.6. The lowest BCUT2D eigenvalue weighted by Gasteiger charge is -2.33. The van der Waals surface area contributed by atoms with E-state index in [4.69, 9.17) is 5.41 Å². The molecular formula is C13H17F3N2. The van der Waals surface area contributed by atoms with Crippen molar-refractivity contribution in [3.05, 3.63) is 35.1 Å². The van der Waals surface area contributed by atoms with E-state index in [9.17, 15) is 13.2 Å². The molecule has 0 heterocycles. The van der Waals surface area contributed by atoms with E-state index in [0.29, 0.717) is 6.07 Å². The first-order valence-electron chi connectivity index (χ1n) is 5.77. The average Bonchev–Trinajstić information content (AvgIpc) is 2.22. The molecule has 0 bridgehead atoms. The van der Waals surface area contributed by atoms with Gasteiger partial charge in [0, 0.05) is 18.2 Å². The van der Waals surface area contributed by atoms with Crippen LogP contribution in [-0.4, -0.2) is 22.8 Å². The molecule has 0 amide bonds. The summed E-state index contributed by atoms with van der Waals surface area (Å²) in [6.07, 6.45) is 0. The van der Waals surface area contributed by atoms with E-state index in [1.54, 1.807) is 4.90 Å². The third kappa shape index (κ3) is 2.83. The molecule has 0 aliphatic heterocycles. The van der Waals surface area contributed by atoms with E-state index >= 15 is 0 Å². The number of nitrogens with zero attached hydrogens (tertiary/aromatic N) is 1. The third-order valence-corrected chi connectivity index (χ3v) is 2.62. The van der Waals surface area contributed by atoms with Crippen LogP contribution in [0.2, 0.25) is 0 Å². The van der Waals surface area contributed by atoms with Crippen molar-refractivity contribution in [2.45, 2.75) is 39.8 Å². The minimum Gasteiger partial charge on any atom is -0.352 e. The first kappa shape index (κ1) is 14.5. The maximum absolute atomic E-state index is 13.6. The molecule has 0 atom stereocenters. The van der Waals surface area contributed by atoms with Gasteiger partial charge in [0.2, 0.25) is 0 Å². The SMILES string of the molecule is CC(C)N(C(=N)c1cc(F)cc(F)c1F)C(C)C. The minimum absolute atomic E-state index is 0.0665. The summed E-state index contributed by atoms with van der Waals surface area (Å²) in [4.78, 5) is 1.59. The zero-order chi connectivity index (χ0) is 14.0. The van der Waals surface area contributed by atoms with Crippen molar-refractivity contribution < 1.29 is 13.2 Å². The molecule has 0 saturated carbocycles. The Morgan fingerprint density at radius 1 is 1.06 bits per heavy atom. The number of hydrogen-bond donors (Lipinski definition) is 1. The van der Waals surface area contributed by atoms with E-state index in [-0.39, 0.29) is 23.5 Å². The molecule has 5 heteroatoms. The van der Waals surface area contributed by atoms with Gasteiger partial charge in [-0.3, -0.25) is 5.41 Å². The Balaban J connectivity index is 3.25. The molecule has 0 fully saturated rings. The van der Waals surface area contributed by atoms with Gasteiger partial charge < -0.3 is 4.90 Å². The van der Waals surface area contributed by atoms with E-state index in [0.717, 1.165) is 6.07 Å². The van der Waals surface area contributed by atoms with Gasteiger partial charge in [0.1, 0.15) is 11.7 Å². The fourth-order valence-electron chi connectivity index (χ4n) is 1.98. The summed E-state index contributed by atoms with van der Waals surface area (Å²) in [7, 11) is 0. The normalized spacial score (nSPS) is 11.2. The molecule has 0 aliphatic carbocycles. The monoisotopic (exact) mass is 258 g/mol. The quantitative estimate of drug-likeness (QED) is 0.501. The Morgan fingerprint density at radius 2 is 1.56 bits per heavy atom. The van der Waals surface area contributed by atoms with Crippen LogP contribution in [0.25, 0.3) is 0 Å². The van der Waals surface area contributed by atoms with Crippen molar-refractivity contribution in [3.8, 4) is 0 Å². The van der Waals surface area contributed by atoms with Crippen molar-refractivity contribution >= 4 is 5.84 Å². The highest BCUT2D eigenvalue weighted by molar-refractivity contribution is 5.97. The summed E-state index contributed by atoms with van der Waals surface area (Å²) in [5.41, 5.74) is -0.352. The largest absolute Gasteiger partial charge is 0.352 e. The highest BCUT2D eigenvalue weighted by Crippen LogP contribution is 2.19. The van der Waals surface area contributed by atoms with Crippen LogP contribution in [0.1, 0.15) is 33.3 Å². The van der Waals surface area contributed by atoms with Crippen LogP contribution >= 0.6 is 0 Å². The molecule has 0 radical (unpaired) electrons. The van der Waals surface area contributed by atoms with Crippen LogP contribution < -0.4 is 0 Å². The summed E-state index contributed by atoms with van der Waals surface area (Å²) in [5, 5.41) is 7.93. The molecular weight excluding hydrogens is 241 g/mol. The third-order valence-electron chi connectivity index (χ3n) is 2.62. The van der Waals surface area contributed by atoms with E-state index in [2.05, 4.69) is 0 Å². The highest BCUT2D eigenvalue weighted by Gasteiger charge is 2.23. The molecule has 0 saturated heterocycles. The Labute approximate surface area is 105 Å². The zero-order valence-electron chi connectivity index (χ0n) is 10.9. The summed E-state index contributed by atoms with van der Waals surface area (Å²) in [6, 6.07) is 1.19. The highest BCUT2D eigenvalue weighted by atomic mass is 19.2. The van der Waals surface area contributed by atoms with Crippen LogP contribution in [0, 0.1) is 22.9 Å². The predicted octanol–water partition coefficient (Wildman–Crippen LogP) is 3.55. The molecule has 100 valence electrons. The van der Waals surface area contributed by atoms with Crippen molar-refractivity contribution in [2.24, 2.45) is 0 Å². The van der Waals surface area contributed by atoms with E-state index < -0.39 is 17.5 Å². The van der Waals surface area contributed by atoms with Crippen molar-refractivity contribution in [1.29, 1.82) is 5.41 Å². The van der Waals surface area contributed by atoms with Gasteiger partial charge in [-0.2, -0.15) is 0 Å². The van der Waals surface area contributed by atoms with Gasteiger partial charge >= 0.3 is 0 Å². The lowest BCUT2D eigenvalue weighted by atomic mass is 10.1. The van der Waals surface area contributed by atoms with Crippen molar-refractivity contribution in [3.63, 3.8) is 0 Å². The smallest absolute Gasteiger partial charge is 0.169 e. The second kappa shape index (κ2) is 5.42. The fourth-order valence-corrected chi connectivity index (χ4v) is 1.98. The topological polar surface area (TPSA) is 27.1 Å². The van der Waals surface area contributed by atoms with Gasteiger partial charge in [-0.25, -0.2) is 13.2 Å². The first-order valence-corrected chi connectivity index (χ1v) is 5.77. The van der Waals surface area contributed by atoms with E-state index in [1.165, 1.54) is 0 Å². The Kier molecular flexibility index (Phi) is 4.38. The minimum atomic E-state index is -1.28. The maximum Gasteiger partial charge on any atom is 0.169 e. The number of halogens is 3. The molecule has 1 N–H and O–H groups in total. The summed E-state index contributed by atoms with van der Waals surface area (Å²) in [6.45, 7) is 7.34. The van der Waals surface area contributed by atoms with Crippen molar-refractivity contribution in [1.82, 2.24) is 4.90 Å². The second-order valence-corrected chi connectivity index (χ2v) is 4.69. The molecule has 1 rings (SSSR count). The Hall–Kier alpha value is -1.52. The predicted molar refractivity (Wildman–Crippen MR) is 65.3 cm³/mol. The molecule has 0 spiro atoms. The van der Waals surface area contributed by atoms with Crippen LogP contribution in [-0.2, 0) is 0 Å². The Bertz CT molecular complexity index is 448. The zero-order valence-corrected chi connectivity index (χ0v) is 10.9. The number of hydrogen-bond acceptors (Lipinski definition) is 1. The molecule has 0 aliphatic rings. The first-order chi connectivity index (χ1) is 8.25. The van der Waals surface area contributed by atoms with Gasteiger partial charge in [0.05, 0.1) is 5.56 Å². The van der Waals surface area contributed by atoms with Crippen LogP contribution in [0.15, 0.2) is 12.1 Å². The van der Waals surface area contributed by atoms with Gasteiger partial charge in [0.25, 0.3) is 0 Å². The average molecular weight is 258 g/mol. The van der Waals surface area contributed by atoms with Gasteiger partial charge in [-0.1, -0.05) is 0 Å². The lowest BCUT2D eigenvalue weighted by Crippen LogP contribution is -2.42. The van der Waals surface area contributed by atoms with E-state index in [1.807, 2.05) is 27.7 Å². The van der Waals surface area contributed by atoms with Crippen molar-refractivity contribution in [2.75, 3.05) is 0 Å². The Morgan fingerprint density at radius 3 is 2.00 bits per heavy atom. The standard InChI is InChI=1S/C13H17F3N2/c1-7(2)18(8(3)4)13(17)10-5-9(14)6-11(15)12(10)16/h5-8,17H,1-4H3. The van der Waals surface area contributed by atoms with Gasteiger partial charge in [-0.05, 0) is 33.8 Å². The molecule has 1 aromatic carbocycles. The number of nitrogens with one attached hydrogen (secondary N) is 1. The van der Waals surface area contributed by atoms with Crippen LogP contribution in [0.4, 0.5) is 13.2 Å². The fraction of sp³-hybridized carbons (Fsp3) is 0.462. The lowest BCUT2D eigenvalue weighted by molar-refractivity contribution is 0.289. The second-order valence-electron chi connectivity index (χ2n) is 4.69. The summed E-state index contributed by atoms with van der Waals surface area (Å²) < 4.78 is 39.9. The molecule has 18 heavy (non-hydrogen) atoms. The molecule has 0 aromatic heterocycles. The van der Waals surface area contributed by atoms with Gasteiger partial charge in [0.15, 0.2) is 11.6 Å². The molecule has 1 aromatic rings. The molecule has 0 unspecified atom stereocenters. The molecule has 2 nitrogen and oxygen atoms in total. The van der Waals surface area contributed by atoms with Crippen LogP contribution in [0.5, 0.6) is 0 Å². The summed E-state index contributed by atoms with van der Waals surface area (Å²) >= 11 is 0. The number of benzene rings is 1. The van der Waals surface area contributed by atoms with Crippen LogP contribution in [0.3, 0.4) is 0 Å².